The smallest absolute Gasteiger partial charge is 0.149 e. The number of rotatable bonds is 3. The molecule has 1 heterocycles. The molecule has 1 aliphatic rings. The fourth-order valence-electron chi connectivity index (χ4n) is 1.75. The molecule has 0 spiro atoms. The van der Waals surface area contributed by atoms with Gasteiger partial charge in [-0.15, -0.1) is 0 Å². The van der Waals surface area contributed by atoms with E-state index in [0.717, 1.165) is 32.7 Å². The number of nitrogens with zero attached hydrogens (tertiary/aromatic N) is 1. The van der Waals surface area contributed by atoms with Crippen LogP contribution in [0, 0.1) is 0 Å². The van der Waals surface area contributed by atoms with Crippen molar-refractivity contribution < 1.29 is 9.53 Å². The molecule has 0 saturated carbocycles. The van der Waals surface area contributed by atoms with Gasteiger partial charge in [0.05, 0.1) is 18.8 Å². The number of hydrogen-bond acceptors (Lipinski definition) is 3. The fourth-order valence-corrected chi connectivity index (χ4v) is 1.75. The van der Waals surface area contributed by atoms with Crippen LogP contribution in [0.4, 0.5) is 0 Å². The molecule has 0 amide bonds. The summed E-state index contributed by atoms with van der Waals surface area (Å²) in [5, 5.41) is 0. The van der Waals surface area contributed by atoms with E-state index in [-0.39, 0.29) is 11.3 Å². The van der Waals surface area contributed by atoms with Gasteiger partial charge in [-0.3, -0.25) is 9.69 Å². The highest BCUT2D eigenvalue weighted by atomic mass is 16.5. The second kappa shape index (κ2) is 4.20. The lowest BCUT2D eigenvalue weighted by Crippen LogP contribution is -2.55. The van der Waals surface area contributed by atoms with Crippen molar-refractivity contribution in [1.82, 2.24) is 4.90 Å². The van der Waals surface area contributed by atoms with Crippen molar-refractivity contribution in [3.63, 3.8) is 0 Å². The highest BCUT2D eigenvalue weighted by Gasteiger charge is 2.35. The molecule has 1 fully saturated rings. The summed E-state index contributed by atoms with van der Waals surface area (Å²) in [5.41, 5.74) is -0.274. The third-order valence-corrected chi connectivity index (χ3v) is 3.16. The average molecular weight is 185 g/mol. The van der Waals surface area contributed by atoms with E-state index in [0.29, 0.717) is 0 Å². The topological polar surface area (TPSA) is 29.5 Å². The van der Waals surface area contributed by atoms with Crippen LogP contribution in [0.2, 0.25) is 0 Å². The predicted octanol–water partition coefficient (Wildman–Crippen LogP) is 1.08. The maximum Gasteiger partial charge on any atom is 0.149 e. The summed E-state index contributed by atoms with van der Waals surface area (Å²) in [6, 6.07) is 0. The molecule has 0 bridgehead atoms. The molecule has 0 aromatic carbocycles. The molecule has 1 atom stereocenters. The van der Waals surface area contributed by atoms with E-state index in [1.54, 1.807) is 6.92 Å². The lowest BCUT2D eigenvalue weighted by atomic mass is 9.91. The first-order valence-corrected chi connectivity index (χ1v) is 4.95. The molecule has 0 radical (unpaired) electrons. The van der Waals surface area contributed by atoms with Crippen LogP contribution in [0.5, 0.6) is 0 Å². The van der Waals surface area contributed by atoms with Crippen molar-refractivity contribution in [2.75, 3.05) is 26.3 Å². The van der Waals surface area contributed by atoms with E-state index in [4.69, 9.17) is 4.74 Å². The monoisotopic (exact) mass is 185 g/mol. The standard InChI is InChI=1S/C10H19NO2/c1-4-10(3,9(2)12)11-5-7-13-8-6-11/h4-8H2,1-3H3. The quantitative estimate of drug-likeness (QED) is 0.659. The maximum absolute atomic E-state index is 11.5. The first-order valence-electron chi connectivity index (χ1n) is 4.95. The van der Waals surface area contributed by atoms with E-state index in [1.807, 2.05) is 6.92 Å². The number of Topliss-reactive ketones (excluding diaryl/α,β-unsaturated/α-hetero) is 1. The number of ketones is 1. The summed E-state index contributed by atoms with van der Waals surface area (Å²) in [6.45, 7) is 9.04. The van der Waals surface area contributed by atoms with Crippen molar-refractivity contribution in [2.24, 2.45) is 0 Å². The summed E-state index contributed by atoms with van der Waals surface area (Å²) in [5.74, 6) is 0.261. The Morgan fingerprint density at radius 1 is 1.46 bits per heavy atom. The van der Waals surface area contributed by atoms with Gasteiger partial charge in [0.15, 0.2) is 0 Å². The molecule has 1 saturated heterocycles. The first-order chi connectivity index (χ1) is 6.11. The highest BCUT2D eigenvalue weighted by Crippen LogP contribution is 2.21. The van der Waals surface area contributed by atoms with Crippen molar-refractivity contribution in [2.45, 2.75) is 32.7 Å². The Bertz CT molecular complexity index is 187. The van der Waals surface area contributed by atoms with Crippen LogP contribution in [0.25, 0.3) is 0 Å². The number of carbonyl (C=O) groups excluding carboxylic acids is 1. The Labute approximate surface area is 80.1 Å². The Kier molecular flexibility index (Phi) is 3.45. The molecule has 1 unspecified atom stereocenters. The maximum atomic E-state index is 11.5. The third kappa shape index (κ3) is 2.09. The first kappa shape index (κ1) is 10.7. The zero-order chi connectivity index (χ0) is 9.90. The van der Waals surface area contributed by atoms with Gasteiger partial charge in [-0.2, -0.15) is 0 Å². The lowest BCUT2D eigenvalue weighted by molar-refractivity contribution is -0.131. The molecule has 0 aliphatic carbocycles. The van der Waals surface area contributed by atoms with E-state index < -0.39 is 0 Å². The molecular formula is C10H19NO2. The lowest BCUT2D eigenvalue weighted by Gasteiger charge is -2.40. The molecule has 1 aliphatic heterocycles. The van der Waals surface area contributed by atoms with Gasteiger partial charge in [0, 0.05) is 13.1 Å². The molecule has 0 aromatic heterocycles. The van der Waals surface area contributed by atoms with Crippen molar-refractivity contribution in [1.29, 1.82) is 0 Å². The summed E-state index contributed by atoms with van der Waals surface area (Å²) >= 11 is 0. The van der Waals surface area contributed by atoms with Crippen molar-refractivity contribution in [3.8, 4) is 0 Å². The number of hydrogen-bond donors (Lipinski definition) is 0. The highest BCUT2D eigenvalue weighted by molar-refractivity contribution is 5.85. The van der Waals surface area contributed by atoms with Gasteiger partial charge in [-0.1, -0.05) is 6.92 Å². The van der Waals surface area contributed by atoms with E-state index >= 15 is 0 Å². The minimum atomic E-state index is -0.274. The largest absolute Gasteiger partial charge is 0.379 e. The third-order valence-electron chi connectivity index (χ3n) is 3.16. The normalized spacial score (nSPS) is 23.9. The molecule has 0 N–H and O–H groups in total. The zero-order valence-corrected chi connectivity index (χ0v) is 8.80. The van der Waals surface area contributed by atoms with Crippen LogP contribution in [-0.2, 0) is 9.53 Å². The predicted molar refractivity (Wildman–Crippen MR) is 51.8 cm³/mol. The molecule has 1 rings (SSSR count). The SMILES string of the molecule is CCC(C)(C(C)=O)N1CCOCC1. The number of morpholine rings is 1. The summed E-state index contributed by atoms with van der Waals surface area (Å²) in [7, 11) is 0. The van der Waals surface area contributed by atoms with Gasteiger partial charge in [0.2, 0.25) is 0 Å². The second-order valence-corrected chi connectivity index (χ2v) is 3.78. The Morgan fingerprint density at radius 2 is 2.00 bits per heavy atom. The van der Waals surface area contributed by atoms with Crippen LogP contribution >= 0.6 is 0 Å². The van der Waals surface area contributed by atoms with Crippen LogP contribution in [0.3, 0.4) is 0 Å². The number of carbonyl (C=O) groups is 1. The van der Waals surface area contributed by atoms with Gasteiger partial charge in [0.25, 0.3) is 0 Å². The Balaban J connectivity index is 2.68. The van der Waals surface area contributed by atoms with Gasteiger partial charge in [0.1, 0.15) is 5.78 Å². The molecule has 13 heavy (non-hydrogen) atoms. The van der Waals surface area contributed by atoms with Crippen LogP contribution in [-0.4, -0.2) is 42.5 Å². The average Bonchev–Trinajstić information content (AvgIpc) is 2.17. The van der Waals surface area contributed by atoms with Crippen LogP contribution < -0.4 is 0 Å². The van der Waals surface area contributed by atoms with E-state index in [9.17, 15) is 4.79 Å². The summed E-state index contributed by atoms with van der Waals surface area (Å²) in [4.78, 5) is 13.7. The molecule has 0 aromatic rings. The summed E-state index contributed by atoms with van der Waals surface area (Å²) < 4.78 is 5.27. The second-order valence-electron chi connectivity index (χ2n) is 3.78. The molecule has 3 heteroatoms. The minimum Gasteiger partial charge on any atom is -0.379 e. The van der Waals surface area contributed by atoms with Gasteiger partial charge < -0.3 is 4.74 Å². The van der Waals surface area contributed by atoms with Gasteiger partial charge in [-0.25, -0.2) is 0 Å². The van der Waals surface area contributed by atoms with Gasteiger partial charge >= 0.3 is 0 Å². The molecule has 76 valence electrons. The van der Waals surface area contributed by atoms with Crippen molar-refractivity contribution in [3.05, 3.63) is 0 Å². The summed E-state index contributed by atoms with van der Waals surface area (Å²) in [6.07, 6.45) is 0.877. The Morgan fingerprint density at radius 3 is 2.38 bits per heavy atom. The fraction of sp³-hybridized carbons (Fsp3) is 0.900. The van der Waals surface area contributed by atoms with Crippen LogP contribution in [0.15, 0.2) is 0 Å². The Hall–Kier alpha value is -0.410. The minimum absolute atomic E-state index is 0.261. The van der Waals surface area contributed by atoms with E-state index in [1.165, 1.54) is 0 Å². The van der Waals surface area contributed by atoms with Crippen LogP contribution in [0.1, 0.15) is 27.2 Å². The zero-order valence-electron chi connectivity index (χ0n) is 8.80. The molecule has 3 nitrogen and oxygen atoms in total. The van der Waals surface area contributed by atoms with Crippen molar-refractivity contribution >= 4 is 5.78 Å². The molecular weight excluding hydrogens is 166 g/mol. The van der Waals surface area contributed by atoms with E-state index in [2.05, 4.69) is 11.8 Å². The van der Waals surface area contributed by atoms with Gasteiger partial charge in [-0.05, 0) is 20.3 Å². The number of ether oxygens (including phenoxy) is 1.